The number of anilines is 1. The van der Waals surface area contributed by atoms with Crippen LogP contribution in [0, 0.1) is 0 Å². The highest BCUT2D eigenvalue weighted by Gasteiger charge is 2.13. The molecule has 0 aromatic carbocycles. The predicted molar refractivity (Wildman–Crippen MR) is 77.8 cm³/mol. The summed E-state index contributed by atoms with van der Waals surface area (Å²) < 4.78 is 5.31. The number of thiazole rings is 1. The topological polar surface area (TPSA) is 40.6 Å². The fraction of sp³-hybridized carbons (Fsp3) is 0.750. The van der Waals surface area contributed by atoms with E-state index in [1.165, 1.54) is 0 Å². The van der Waals surface area contributed by atoms with Crippen LogP contribution in [0.15, 0.2) is 0 Å². The highest BCUT2D eigenvalue weighted by atomic mass is 32.1. The molecule has 0 aliphatic rings. The Balaban J connectivity index is 2.60. The summed E-state index contributed by atoms with van der Waals surface area (Å²) in [5.74, 6) is 0.730. The molecule has 0 bridgehead atoms. The van der Waals surface area contributed by atoms with Gasteiger partial charge in [-0.1, -0.05) is 11.3 Å². The van der Waals surface area contributed by atoms with Crippen LogP contribution in [0.5, 0.6) is 5.88 Å². The van der Waals surface area contributed by atoms with Gasteiger partial charge in [0.15, 0.2) is 5.13 Å². The summed E-state index contributed by atoms with van der Waals surface area (Å²) in [4.78, 5) is 9.76. The first kappa shape index (κ1) is 15.2. The third kappa shape index (κ3) is 4.44. The van der Waals surface area contributed by atoms with Gasteiger partial charge in [-0.3, -0.25) is 0 Å². The molecule has 1 rings (SSSR count). The highest BCUT2D eigenvalue weighted by Crippen LogP contribution is 2.30. The van der Waals surface area contributed by atoms with Crippen molar-refractivity contribution in [1.29, 1.82) is 0 Å². The van der Waals surface area contributed by atoms with E-state index in [0.717, 1.165) is 29.0 Å². The minimum atomic E-state index is 0.439. The first-order chi connectivity index (χ1) is 8.43. The number of rotatable bonds is 7. The Morgan fingerprint density at radius 3 is 2.50 bits per heavy atom. The van der Waals surface area contributed by atoms with Crippen molar-refractivity contribution >= 4 is 16.5 Å². The molecule has 0 radical (unpaired) electrons. The Morgan fingerprint density at radius 1 is 1.33 bits per heavy atom. The van der Waals surface area contributed by atoms with Gasteiger partial charge in [-0.05, 0) is 21.0 Å². The molecule has 1 heterocycles. The van der Waals surface area contributed by atoms with Gasteiger partial charge in [-0.25, -0.2) is 0 Å². The number of aromatic nitrogens is 1. The molecule has 0 fully saturated rings. The zero-order valence-electron chi connectivity index (χ0n) is 12.1. The van der Waals surface area contributed by atoms with Crippen LogP contribution in [-0.2, 0) is 6.54 Å². The van der Waals surface area contributed by atoms with Gasteiger partial charge in [0, 0.05) is 33.2 Å². The second-order valence-electron chi connectivity index (χ2n) is 4.87. The van der Waals surface area contributed by atoms with Crippen LogP contribution >= 0.6 is 11.3 Å². The molecule has 0 aliphatic heterocycles. The molecule has 5 nitrogen and oxygen atoms in total. The van der Waals surface area contributed by atoms with Crippen LogP contribution in [0.4, 0.5) is 5.13 Å². The summed E-state index contributed by atoms with van der Waals surface area (Å²) in [6.07, 6.45) is 0. The molecule has 0 spiro atoms. The maximum absolute atomic E-state index is 5.31. The van der Waals surface area contributed by atoms with Crippen molar-refractivity contribution < 1.29 is 4.74 Å². The summed E-state index contributed by atoms with van der Waals surface area (Å²) in [5.41, 5.74) is 0. The van der Waals surface area contributed by atoms with E-state index >= 15 is 0 Å². The van der Waals surface area contributed by atoms with Crippen LogP contribution in [0.1, 0.15) is 11.8 Å². The van der Waals surface area contributed by atoms with E-state index < -0.39 is 0 Å². The average molecular weight is 272 g/mol. The van der Waals surface area contributed by atoms with Crippen LogP contribution < -0.4 is 15.0 Å². The van der Waals surface area contributed by atoms with E-state index in [4.69, 9.17) is 4.74 Å². The van der Waals surface area contributed by atoms with Crippen LogP contribution in [0.3, 0.4) is 0 Å². The minimum Gasteiger partial charge on any atom is -0.480 e. The lowest BCUT2D eigenvalue weighted by Crippen LogP contribution is -2.35. The lowest BCUT2D eigenvalue weighted by molar-refractivity contribution is 0.346. The molecule has 0 amide bonds. The molecular formula is C12H24N4OS. The van der Waals surface area contributed by atoms with E-state index in [1.54, 1.807) is 18.4 Å². The second-order valence-corrected chi connectivity index (χ2v) is 5.93. The Morgan fingerprint density at radius 2 is 2.00 bits per heavy atom. The van der Waals surface area contributed by atoms with Gasteiger partial charge in [0.25, 0.3) is 0 Å². The van der Waals surface area contributed by atoms with Gasteiger partial charge in [-0.2, -0.15) is 4.98 Å². The monoisotopic (exact) mass is 272 g/mol. The normalized spacial score (nSPS) is 12.8. The molecule has 1 aromatic rings. The van der Waals surface area contributed by atoms with Gasteiger partial charge in [0.1, 0.15) is 0 Å². The summed E-state index contributed by atoms with van der Waals surface area (Å²) in [6.45, 7) is 3.99. The van der Waals surface area contributed by atoms with E-state index in [-0.39, 0.29) is 0 Å². The molecule has 6 heteroatoms. The molecule has 1 aromatic heterocycles. The highest BCUT2D eigenvalue weighted by molar-refractivity contribution is 7.15. The fourth-order valence-electron chi connectivity index (χ4n) is 1.67. The molecule has 0 saturated carbocycles. The summed E-state index contributed by atoms with van der Waals surface area (Å²) in [7, 11) is 9.81. The first-order valence-electron chi connectivity index (χ1n) is 6.03. The quantitative estimate of drug-likeness (QED) is 0.809. The largest absolute Gasteiger partial charge is 0.480 e. The van der Waals surface area contributed by atoms with E-state index in [9.17, 15) is 0 Å². The Bertz CT molecular complexity index is 365. The lowest BCUT2D eigenvalue weighted by Gasteiger charge is -2.17. The number of hydrogen-bond donors (Lipinski definition) is 1. The Kier molecular flexibility index (Phi) is 5.84. The third-order valence-electron chi connectivity index (χ3n) is 2.48. The van der Waals surface area contributed by atoms with Crippen molar-refractivity contribution in [3.63, 3.8) is 0 Å². The summed E-state index contributed by atoms with van der Waals surface area (Å²) in [6, 6.07) is 0.439. The molecule has 0 saturated heterocycles. The van der Waals surface area contributed by atoms with Crippen molar-refractivity contribution in [2.75, 3.05) is 46.7 Å². The summed E-state index contributed by atoms with van der Waals surface area (Å²) in [5, 5.41) is 4.46. The van der Waals surface area contributed by atoms with Crippen LogP contribution in [0.25, 0.3) is 0 Å². The van der Waals surface area contributed by atoms with Crippen molar-refractivity contribution in [1.82, 2.24) is 15.2 Å². The van der Waals surface area contributed by atoms with Crippen LogP contribution in [0.2, 0.25) is 0 Å². The molecule has 0 aliphatic carbocycles. The molecule has 104 valence electrons. The fourth-order valence-corrected chi connectivity index (χ4v) is 2.57. The summed E-state index contributed by atoms with van der Waals surface area (Å²) >= 11 is 1.67. The predicted octanol–water partition coefficient (Wildman–Crippen LogP) is 1.26. The maximum atomic E-state index is 5.31. The zero-order valence-corrected chi connectivity index (χ0v) is 13.0. The third-order valence-corrected chi connectivity index (χ3v) is 3.68. The van der Waals surface area contributed by atoms with Gasteiger partial charge in [0.05, 0.1) is 12.0 Å². The zero-order chi connectivity index (χ0) is 13.7. The number of methoxy groups -OCH3 is 1. The molecule has 1 N–H and O–H groups in total. The first-order valence-corrected chi connectivity index (χ1v) is 6.84. The molecule has 1 atom stereocenters. The molecule has 18 heavy (non-hydrogen) atoms. The Hall–Kier alpha value is -0.850. The van der Waals surface area contributed by atoms with Crippen molar-refractivity contribution in [2.24, 2.45) is 0 Å². The van der Waals surface area contributed by atoms with E-state index in [1.807, 2.05) is 19.0 Å². The van der Waals surface area contributed by atoms with Crippen molar-refractivity contribution in [3.05, 3.63) is 4.88 Å². The number of ether oxygens (including phenoxy) is 1. The van der Waals surface area contributed by atoms with E-state index in [0.29, 0.717) is 6.04 Å². The van der Waals surface area contributed by atoms with Gasteiger partial charge in [0.2, 0.25) is 5.88 Å². The lowest BCUT2D eigenvalue weighted by atomic mass is 10.3. The number of nitrogens with zero attached hydrogens (tertiary/aromatic N) is 3. The number of hydrogen-bond acceptors (Lipinski definition) is 6. The molecule has 1 unspecified atom stereocenters. The number of nitrogens with one attached hydrogen (secondary N) is 1. The van der Waals surface area contributed by atoms with Crippen LogP contribution in [-0.4, -0.2) is 57.8 Å². The smallest absolute Gasteiger partial charge is 0.230 e. The number of likely N-dealkylation sites (N-methyl/N-ethyl adjacent to an activating group) is 1. The van der Waals surface area contributed by atoms with Gasteiger partial charge in [-0.15, -0.1) is 0 Å². The van der Waals surface area contributed by atoms with E-state index in [2.05, 4.69) is 36.2 Å². The maximum Gasteiger partial charge on any atom is 0.230 e. The van der Waals surface area contributed by atoms with Gasteiger partial charge >= 0.3 is 0 Å². The average Bonchev–Trinajstić information content (AvgIpc) is 2.68. The van der Waals surface area contributed by atoms with Crippen molar-refractivity contribution in [2.45, 2.75) is 19.5 Å². The van der Waals surface area contributed by atoms with Crippen molar-refractivity contribution in [3.8, 4) is 5.88 Å². The minimum absolute atomic E-state index is 0.439. The second kappa shape index (κ2) is 6.92. The Labute approximate surface area is 114 Å². The standard InChI is InChI=1S/C12H24N4OS/c1-9(8-15(2)3)13-7-10-11(17-6)14-12(18-10)16(4)5/h9,13H,7-8H2,1-6H3. The SMILES string of the molecule is COc1nc(N(C)C)sc1CNC(C)CN(C)C. The van der Waals surface area contributed by atoms with Gasteiger partial charge < -0.3 is 19.9 Å². The molecular weight excluding hydrogens is 248 g/mol.